The Labute approximate surface area is 159 Å². The Morgan fingerprint density at radius 2 is 1.59 bits per heavy atom. The van der Waals surface area contributed by atoms with Gasteiger partial charge in [-0.2, -0.15) is 0 Å². The fraction of sp³-hybridized carbons (Fsp3) is 0.227. The van der Waals surface area contributed by atoms with Crippen LogP contribution in [0, 0.1) is 33.5 Å². The number of carbonyl (C=O) groups excluding carboxylic acids is 1. The minimum Gasteiger partial charge on any atom is -0.334 e. The molecule has 4 nitrogen and oxygen atoms in total. The molecule has 0 fully saturated rings. The van der Waals surface area contributed by atoms with Crippen molar-refractivity contribution in [1.29, 1.82) is 0 Å². The van der Waals surface area contributed by atoms with E-state index in [9.17, 15) is 9.18 Å². The molecule has 0 unspecified atom stereocenters. The van der Waals surface area contributed by atoms with Crippen LogP contribution < -0.4 is 10.6 Å². The fourth-order valence-electron chi connectivity index (χ4n) is 3.39. The Hall–Kier alpha value is -3.08. The van der Waals surface area contributed by atoms with Gasteiger partial charge in [-0.05, 0) is 86.8 Å². The average molecular weight is 365 g/mol. The molecule has 0 radical (unpaired) electrons. The number of hydrogen-bond donors (Lipinski definition) is 2. The molecule has 2 N–H and O–H groups in total. The van der Waals surface area contributed by atoms with Gasteiger partial charge in [0.25, 0.3) is 0 Å². The van der Waals surface area contributed by atoms with Gasteiger partial charge in [0.2, 0.25) is 0 Å². The van der Waals surface area contributed by atoms with Crippen LogP contribution in [0.5, 0.6) is 0 Å². The molecule has 0 saturated carbocycles. The van der Waals surface area contributed by atoms with E-state index in [1.54, 1.807) is 12.1 Å². The highest BCUT2D eigenvalue weighted by atomic mass is 19.1. The molecule has 3 rings (SSSR count). The van der Waals surface area contributed by atoms with Crippen LogP contribution in [0.15, 0.2) is 48.5 Å². The molecule has 140 valence electrons. The highest BCUT2D eigenvalue weighted by Gasteiger charge is 2.12. The first-order chi connectivity index (χ1) is 12.8. The maximum atomic E-state index is 13.2. The number of halogens is 1. The number of carbonyl (C=O) groups is 1. The summed E-state index contributed by atoms with van der Waals surface area (Å²) in [7, 11) is 0. The minimum atomic E-state index is -0.258. The van der Waals surface area contributed by atoms with Crippen molar-refractivity contribution in [3.05, 3.63) is 82.4 Å². The second-order valence-electron chi connectivity index (χ2n) is 6.89. The number of aromatic nitrogens is 1. The molecule has 0 saturated heterocycles. The summed E-state index contributed by atoms with van der Waals surface area (Å²) in [6.07, 6.45) is 0. The number of rotatable bonds is 4. The monoisotopic (exact) mass is 365 g/mol. The maximum Gasteiger partial charge on any atom is 0.319 e. The topological polar surface area (TPSA) is 46.1 Å². The Bertz CT molecular complexity index is 954. The van der Waals surface area contributed by atoms with Gasteiger partial charge in [-0.1, -0.05) is 6.07 Å². The molecule has 27 heavy (non-hydrogen) atoms. The molecule has 0 atom stereocenters. The Morgan fingerprint density at radius 3 is 2.22 bits per heavy atom. The zero-order valence-electron chi connectivity index (χ0n) is 16.1. The van der Waals surface area contributed by atoms with Gasteiger partial charge < -0.3 is 15.2 Å². The summed E-state index contributed by atoms with van der Waals surface area (Å²) in [6.45, 7) is 8.41. The SMILES string of the molecule is Cc1cc(C)cc(NC(=O)NCc2cc(C)n(-c3ccc(F)cc3)c2C)c1. The van der Waals surface area contributed by atoms with E-state index in [1.807, 2.05) is 45.9 Å². The molecule has 0 bridgehead atoms. The average Bonchev–Trinajstić information content (AvgIpc) is 2.87. The van der Waals surface area contributed by atoms with E-state index in [4.69, 9.17) is 0 Å². The van der Waals surface area contributed by atoms with E-state index >= 15 is 0 Å². The summed E-state index contributed by atoms with van der Waals surface area (Å²) in [5, 5.41) is 5.78. The summed E-state index contributed by atoms with van der Waals surface area (Å²) in [6, 6.07) is 14.1. The molecule has 2 amide bonds. The Kier molecular flexibility index (Phi) is 5.31. The number of urea groups is 1. The number of aryl methyl sites for hydroxylation is 3. The van der Waals surface area contributed by atoms with Crippen molar-refractivity contribution < 1.29 is 9.18 Å². The summed E-state index contributed by atoms with van der Waals surface area (Å²) < 4.78 is 15.2. The predicted octanol–water partition coefficient (Wildman–Crippen LogP) is 5.17. The van der Waals surface area contributed by atoms with E-state index in [-0.39, 0.29) is 11.8 Å². The van der Waals surface area contributed by atoms with Crippen molar-refractivity contribution in [1.82, 2.24) is 9.88 Å². The van der Waals surface area contributed by atoms with Gasteiger partial charge in [0.1, 0.15) is 5.82 Å². The highest BCUT2D eigenvalue weighted by molar-refractivity contribution is 5.89. The molecular weight excluding hydrogens is 341 g/mol. The fourth-order valence-corrected chi connectivity index (χ4v) is 3.39. The third-order valence-corrected chi connectivity index (χ3v) is 4.54. The molecule has 3 aromatic rings. The summed E-state index contributed by atoms with van der Waals surface area (Å²) in [5.41, 5.74) is 6.96. The second kappa shape index (κ2) is 7.66. The maximum absolute atomic E-state index is 13.2. The first-order valence-electron chi connectivity index (χ1n) is 8.90. The van der Waals surface area contributed by atoms with Gasteiger partial charge in [0.15, 0.2) is 0 Å². The van der Waals surface area contributed by atoms with Crippen LogP contribution in [0.3, 0.4) is 0 Å². The smallest absolute Gasteiger partial charge is 0.319 e. The molecule has 1 aromatic heterocycles. The Morgan fingerprint density at radius 1 is 0.963 bits per heavy atom. The van der Waals surface area contributed by atoms with Crippen molar-refractivity contribution in [3.8, 4) is 5.69 Å². The molecule has 0 aliphatic carbocycles. The lowest BCUT2D eigenvalue weighted by molar-refractivity contribution is 0.251. The number of nitrogens with one attached hydrogen (secondary N) is 2. The van der Waals surface area contributed by atoms with Gasteiger partial charge >= 0.3 is 6.03 Å². The Balaban J connectivity index is 1.70. The van der Waals surface area contributed by atoms with Crippen LogP contribution in [0.4, 0.5) is 14.9 Å². The van der Waals surface area contributed by atoms with E-state index in [2.05, 4.69) is 21.3 Å². The highest BCUT2D eigenvalue weighted by Crippen LogP contribution is 2.21. The number of amides is 2. The molecule has 0 aliphatic heterocycles. The second-order valence-corrected chi connectivity index (χ2v) is 6.89. The first kappa shape index (κ1) is 18.7. The lowest BCUT2D eigenvalue weighted by Crippen LogP contribution is -2.28. The van der Waals surface area contributed by atoms with E-state index in [0.717, 1.165) is 39.5 Å². The summed E-state index contributed by atoms with van der Waals surface area (Å²) >= 11 is 0. The predicted molar refractivity (Wildman–Crippen MR) is 107 cm³/mol. The van der Waals surface area contributed by atoms with Crippen molar-refractivity contribution in [2.45, 2.75) is 34.2 Å². The van der Waals surface area contributed by atoms with Crippen molar-refractivity contribution in [3.63, 3.8) is 0 Å². The van der Waals surface area contributed by atoms with E-state index < -0.39 is 0 Å². The van der Waals surface area contributed by atoms with Gasteiger partial charge in [-0.25, -0.2) is 9.18 Å². The van der Waals surface area contributed by atoms with Gasteiger partial charge in [-0.15, -0.1) is 0 Å². The third-order valence-electron chi connectivity index (χ3n) is 4.54. The van der Waals surface area contributed by atoms with Crippen LogP contribution in [0.2, 0.25) is 0 Å². The quantitative estimate of drug-likeness (QED) is 0.658. The van der Waals surface area contributed by atoms with Crippen molar-refractivity contribution in [2.75, 3.05) is 5.32 Å². The van der Waals surface area contributed by atoms with Gasteiger partial charge in [0.05, 0.1) is 0 Å². The van der Waals surface area contributed by atoms with Crippen LogP contribution in [-0.4, -0.2) is 10.6 Å². The lowest BCUT2D eigenvalue weighted by atomic mass is 10.1. The van der Waals surface area contributed by atoms with Crippen molar-refractivity contribution >= 4 is 11.7 Å². The van der Waals surface area contributed by atoms with Crippen LogP contribution in [0.25, 0.3) is 5.69 Å². The molecule has 0 spiro atoms. The third kappa shape index (κ3) is 4.37. The largest absolute Gasteiger partial charge is 0.334 e. The number of hydrogen-bond acceptors (Lipinski definition) is 1. The van der Waals surface area contributed by atoms with Crippen molar-refractivity contribution in [2.24, 2.45) is 0 Å². The molecule has 0 aliphatic rings. The molecule has 1 heterocycles. The normalized spacial score (nSPS) is 10.7. The van der Waals surface area contributed by atoms with Gasteiger partial charge in [-0.3, -0.25) is 0 Å². The van der Waals surface area contributed by atoms with Crippen LogP contribution in [-0.2, 0) is 6.54 Å². The van der Waals surface area contributed by atoms with Crippen LogP contribution in [0.1, 0.15) is 28.1 Å². The zero-order valence-corrected chi connectivity index (χ0v) is 16.1. The lowest BCUT2D eigenvalue weighted by Gasteiger charge is -2.11. The van der Waals surface area contributed by atoms with Gasteiger partial charge in [0, 0.05) is 29.3 Å². The summed E-state index contributed by atoms with van der Waals surface area (Å²) in [4.78, 5) is 12.2. The minimum absolute atomic E-state index is 0.244. The standard InChI is InChI=1S/C22H24FN3O/c1-14-9-15(2)11-20(10-14)25-22(27)24-13-18-12-16(3)26(17(18)4)21-7-5-19(23)6-8-21/h5-12H,13H2,1-4H3,(H2,24,25,27). The van der Waals surface area contributed by atoms with E-state index in [0.29, 0.717) is 6.54 Å². The number of nitrogens with zero attached hydrogens (tertiary/aromatic N) is 1. The van der Waals surface area contributed by atoms with E-state index in [1.165, 1.54) is 12.1 Å². The zero-order chi connectivity index (χ0) is 19.6. The molecule has 2 aromatic carbocycles. The number of benzene rings is 2. The number of anilines is 1. The molecule has 5 heteroatoms. The summed E-state index contributed by atoms with van der Waals surface area (Å²) in [5.74, 6) is -0.258. The molecular formula is C22H24FN3O. The first-order valence-corrected chi connectivity index (χ1v) is 8.90. The van der Waals surface area contributed by atoms with Crippen LogP contribution >= 0.6 is 0 Å².